The Morgan fingerprint density at radius 1 is 1.13 bits per heavy atom. The molecule has 0 atom stereocenters. The second-order valence-electron chi connectivity index (χ2n) is 3.28. The Balaban J connectivity index is 4.42. The molecule has 15 heavy (non-hydrogen) atoms. The van der Waals surface area contributed by atoms with Gasteiger partial charge in [0.25, 0.3) is 0 Å². The predicted octanol–water partition coefficient (Wildman–Crippen LogP) is 4.23. The van der Waals surface area contributed by atoms with Crippen molar-refractivity contribution < 1.29 is 0 Å². The maximum Gasteiger partial charge on any atom is 0.0557 e. The molecule has 1 nitrogen and oxygen atoms in total. The Morgan fingerprint density at radius 3 is 2.20 bits per heavy atom. The zero-order valence-electron chi connectivity index (χ0n) is 9.71. The molecule has 0 aromatic heterocycles. The number of rotatable bonds is 6. The average Bonchev–Trinajstić information content (AvgIpc) is 2.24. The molecular weight excluding hydrogens is 182 g/mol. The molecule has 0 aliphatic rings. The first kappa shape index (κ1) is 13.4. The topological polar surface area (TPSA) is 12.4 Å². The van der Waals surface area contributed by atoms with Gasteiger partial charge in [-0.2, -0.15) is 0 Å². The van der Waals surface area contributed by atoms with Crippen LogP contribution in [-0.2, 0) is 0 Å². The molecule has 0 aliphatic carbocycles. The highest BCUT2D eigenvalue weighted by Gasteiger charge is 1.91. The molecule has 0 spiro atoms. The molecular formula is C14H19N. The molecule has 0 aliphatic heterocycles. The van der Waals surface area contributed by atoms with Crippen LogP contribution < -0.4 is 0 Å². The Bertz CT molecular complexity index is 340. The van der Waals surface area contributed by atoms with Crippen molar-refractivity contribution in [1.29, 1.82) is 0 Å². The van der Waals surface area contributed by atoms with Crippen LogP contribution in [0.1, 0.15) is 20.3 Å². The number of hydrogen-bond acceptors (Lipinski definition) is 1. The third-order valence-corrected chi connectivity index (χ3v) is 1.98. The zero-order valence-corrected chi connectivity index (χ0v) is 9.71. The van der Waals surface area contributed by atoms with Crippen LogP contribution in [0, 0.1) is 0 Å². The van der Waals surface area contributed by atoms with Crippen molar-refractivity contribution in [3.05, 3.63) is 61.4 Å². The molecule has 0 saturated heterocycles. The van der Waals surface area contributed by atoms with E-state index in [9.17, 15) is 0 Å². The summed E-state index contributed by atoms with van der Waals surface area (Å²) in [4.78, 5) is 4.29. The van der Waals surface area contributed by atoms with Gasteiger partial charge in [0.05, 0.1) is 5.70 Å². The third-order valence-electron chi connectivity index (χ3n) is 1.98. The normalized spacial score (nSPS) is 11.5. The number of nitrogens with zero attached hydrogens (tertiary/aromatic N) is 1. The molecule has 0 amide bonds. The highest BCUT2D eigenvalue weighted by molar-refractivity contribution is 5.82. The first-order valence-corrected chi connectivity index (χ1v) is 4.93. The molecule has 0 aromatic carbocycles. The van der Waals surface area contributed by atoms with Gasteiger partial charge in [-0.1, -0.05) is 45.4 Å². The Morgan fingerprint density at radius 2 is 1.73 bits per heavy atom. The van der Waals surface area contributed by atoms with Gasteiger partial charge >= 0.3 is 0 Å². The summed E-state index contributed by atoms with van der Waals surface area (Å²) in [5.74, 6) is 0. The summed E-state index contributed by atoms with van der Waals surface area (Å²) >= 11 is 0. The third kappa shape index (κ3) is 5.63. The zero-order chi connectivity index (χ0) is 11.8. The van der Waals surface area contributed by atoms with Gasteiger partial charge in [0, 0.05) is 5.71 Å². The molecule has 0 N–H and O–H groups in total. The highest BCUT2D eigenvalue weighted by Crippen LogP contribution is 2.09. The van der Waals surface area contributed by atoms with E-state index in [1.165, 1.54) is 0 Å². The number of hydrogen-bond donors (Lipinski definition) is 0. The van der Waals surface area contributed by atoms with Crippen LogP contribution in [0.2, 0.25) is 0 Å². The van der Waals surface area contributed by atoms with E-state index in [0.717, 1.165) is 29.0 Å². The van der Waals surface area contributed by atoms with Crippen molar-refractivity contribution in [3.63, 3.8) is 0 Å². The van der Waals surface area contributed by atoms with Gasteiger partial charge in [-0.05, 0) is 30.6 Å². The summed E-state index contributed by atoms with van der Waals surface area (Å²) in [5, 5.41) is 0. The van der Waals surface area contributed by atoms with E-state index < -0.39 is 0 Å². The standard InChI is InChI=1S/C14H19N/c1-7-11(3)12(4)9-10-14(6)15-13(5)8-2/h7,9-10H,1,3-4,6,8H2,2,5H3/b10-9-,15-13?. The molecule has 0 rings (SSSR count). The van der Waals surface area contributed by atoms with Gasteiger partial charge in [0.1, 0.15) is 0 Å². The lowest BCUT2D eigenvalue weighted by molar-refractivity contribution is 1.23. The summed E-state index contributed by atoms with van der Waals surface area (Å²) in [5.41, 5.74) is 3.44. The van der Waals surface area contributed by atoms with Crippen molar-refractivity contribution in [2.45, 2.75) is 20.3 Å². The maximum atomic E-state index is 4.29. The van der Waals surface area contributed by atoms with Crippen LogP contribution in [0.5, 0.6) is 0 Å². The largest absolute Gasteiger partial charge is 0.259 e. The van der Waals surface area contributed by atoms with Crippen LogP contribution in [-0.4, -0.2) is 5.71 Å². The maximum absolute atomic E-state index is 4.29. The van der Waals surface area contributed by atoms with Gasteiger partial charge in [0.2, 0.25) is 0 Å². The van der Waals surface area contributed by atoms with Gasteiger partial charge in [-0.25, -0.2) is 0 Å². The second-order valence-corrected chi connectivity index (χ2v) is 3.28. The van der Waals surface area contributed by atoms with Crippen LogP contribution >= 0.6 is 0 Å². The van der Waals surface area contributed by atoms with E-state index in [-0.39, 0.29) is 0 Å². The van der Waals surface area contributed by atoms with E-state index in [0.29, 0.717) is 0 Å². The summed E-state index contributed by atoms with van der Waals surface area (Å²) in [7, 11) is 0. The summed E-state index contributed by atoms with van der Waals surface area (Å²) in [6.07, 6.45) is 6.29. The smallest absolute Gasteiger partial charge is 0.0557 e. The summed E-state index contributed by atoms with van der Waals surface area (Å²) in [6, 6.07) is 0. The van der Waals surface area contributed by atoms with E-state index in [1.54, 1.807) is 6.08 Å². The molecule has 0 heterocycles. The van der Waals surface area contributed by atoms with Crippen molar-refractivity contribution in [1.82, 2.24) is 0 Å². The highest BCUT2D eigenvalue weighted by atomic mass is 14.7. The predicted molar refractivity (Wildman–Crippen MR) is 70.2 cm³/mol. The Kier molecular flexibility index (Phi) is 6.03. The molecule has 1 heteroatoms. The van der Waals surface area contributed by atoms with Gasteiger partial charge in [-0.3, -0.25) is 4.99 Å². The van der Waals surface area contributed by atoms with Gasteiger partial charge in [0.15, 0.2) is 0 Å². The number of aliphatic imine (C=N–C) groups is 1. The van der Waals surface area contributed by atoms with Crippen molar-refractivity contribution >= 4 is 5.71 Å². The van der Waals surface area contributed by atoms with Crippen LogP contribution in [0.25, 0.3) is 0 Å². The van der Waals surface area contributed by atoms with Crippen molar-refractivity contribution in [2.24, 2.45) is 4.99 Å². The Labute approximate surface area is 92.9 Å². The fraction of sp³-hybridized carbons (Fsp3) is 0.214. The number of allylic oxidation sites excluding steroid dienone is 5. The molecule has 0 aromatic rings. The SMILES string of the molecule is C=CC(=C)C(=C)/C=C\C(=C)N=C(C)CC. The van der Waals surface area contributed by atoms with Gasteiger partial charge < -0.3 is 0 Å². The Hall–Kier alpha value is -1.63. The van der Waals surface area contributed by atoms with E-state index in [4.69, 9.17) is 0 Å². The monoisotopic (exact) mass is 201 g/mol. The van der Waals surface area contributed by atoms with Crippen molar-refractivity contribution in [2.75, 3.05) is 0 Å². The second kappa shape index (κ2) is 6.77. The lowest BCUT2D eigenvalue weighted by Crippen LogP contribution is -1.87. The molecule has 0 saturated carbocycles. The molecule has 0 unspecified atom stereocenters. The minimum absolute atomic E-state index is 0.729. The molecule has 0 fully saturated rings. The van der Waals surface area contributed by atoms with E-state index in [1.807, 2.05) is 19.1 Å². The molecule has 0 bridgehead atoms. The van der Waals surface area contributed by atoms with Crippen molar-refractivity contribution in [3.8, 4) is 0 Å². The first-order chi connectivity index (χ1) is 7.01. The fourth-order valence-electron chi connectivity index (χ4n) is 0.796. The molecule has 0 radical (unpaired) electrons. The van der Waals surface area contributed by atoms with Gasteiger partial charge in [-0.15, -0.1) is 0 Å². The van der Waals surface area contributed by atoms with Crippen LogP contribution in [0.3, 0.4) is 0 Å². The lowest BCUT2D eigenvalue weighted by Gasteiger charge is -1.98. The minimum atomic E-state index is 0.729. The molecule has 80 valence electrons. The summed E-state index contributed by atoms with van der Waals surface area (Å²) < 4.78 is 0. The average molecular weight is 201 g/mol. The minimum Gasteiger partial charge on any atom is -0.259 e. The quantitative estimate of drug-likeness (QED) is 0.450. The van der Waals surface area contributed by atoms with Crippen LogP contribution in [0.15, 0.2) is 66.4 Å². The van der Waals surface area contributed by atoms with Crippen LogP contribution in [0.4, 0.5) is 0 Å². The lowest BCUT2D eigenvalue weighted by atomic mass is 10.1. The van der Waals surface area contributed by atoms with E-state index in [2.05, 4.69) is 38.2 Å². The fourth-order valence-corrected chi connectivity index (χ4v) is 0.796. The van der Waals surface area contributed by atoms with E-state index >= 15 is 0 Å². The summed E-state index contributed by atoms with van der Waals surface area (Å²) in [6.45, 7) is 19.1. The first-order valence-electron chi connectivity index (χ1n) is 4.93.